The van der Waals surface area contributed by atoms with Crippen LogP contribution in [0.25, 0.3) is 0 Å². The number of oxime groups is 1. The van der Waals surface area contributed by atoms with Gasteiger partial charge in [0, 0.05) is 21.8 Å². The van der Waals surface area contributed by atoms with Crippen molar-refractivity contribution >= 4 is 34.7 Å². The smallest absolute Gasteiger partial charge is 0.277 e. The molecule has 1 N–H and O–H groups in total. The van der Waals surface area contributed by atoms with Crippen molar-refractivity contribution in [3.8, 4) is 0 Å². The van der Waals surface area contributed by atoms with E-state index in [9.17, 15) is 9.59 Å². The molecule has 1 amide bonds. The molecule has 6 nitrogen and oxygen atoms in total. The molecule has 0 radical (unpaired) electrons. The van der Waals surface area contributed by atoms with E-state index in [1.165, 1.54) is 6.26 Å². The molecule has 0 saturated carbocycles. The van der Waals surface area contributed by atoms with Crippen molar-refractivity contribution in [1.29, 1.82) is 0 Å². The number of nitrogens with one attached hydrogen (secondary N) is 1. The molecule has 0 aliphatic carbocycles. The van der Waals surface area contributed by atoms with Gasteiger partial charge in [-0.05, 0) is 30.3 Å². The maximum absolute atomic E-state index is 13.4. The van der Waals surface area contributed by atoms with Crippen LogP contribution in [0, 0.1) is 5.92 Å². The van der Waals surface area contributed by atoms with Crippen LogP contribution in [0.5, 0.6) is 0 Å². The number of furan rings is 1. The number of ketones is 1. The number of nitrogens with zero attached hydrogens (tertiary/aromatic N) is 1. The molecule has 2 aliphatic heterocycles. The molecule has 2 atom stereocenters. The molecule has 5 rings (SSSR count). The molecule has 7 heteroatoms. The number of carbonyl (C=O) groups is 2. The van der Waals surface area contributed by atoms with Gasteiger partial charge in [-0.3, -0.25) is 9.59 Å². The van der Waals surface area contributed by atoms with Gasteiger partial charge in [0.1, 0.15) is 11.6 Å². The summed E-state index contributed by atoms with van der Waals surface area (Å²) in [6.45, 7) is 0. The summed E-state index contributed by atoms with van der Waals surface area (Å²) in [7, 11) is 0. The van der Waals surface area contributed by atoms with E-state index in [4.69, 9.17) is 20.9 Å². The second kappa shape index (κ2) is 6.07. The van der Waals surface area contributed by atoms with Crippen molar-refractivity contribution in [2.45, 2.75) is 5.60 Å². The zero-order valence-electron chi connectivity index (χ0n) is 14.4. The van der Waals surface area contributed by atoms with Gasteiger partial charge >= 0.3 is 0 Å². The van der Waals surface area contributed by atoms with Crippen molar-refractivity contribution < 1.29 is 18.8 Å². The standard InChI is InChI=1S/C21H13ClN2O4/c22-13-9-7-12(8-10-13)18-17(19(25)16-6-3-11-27-16)21(28-24-18)14-4-1-2-5-15(14)23-20(21)26/h1-11,17H,(H,23,26). The first-order chi connectivity index (χ1) is 13.6. The molecule has 138 valence electrons. The van der Waals surface area contributed by atoms with Gasteiger partial charge in [-0.2, -0.15) is 0 Å². The van der Waals surface area contributed by atoms with Gasteiger partial charge < -0.3 is 14.6 Å². The average molecular weight is 393 g/mol. The second-order valence-corrected chi connectivity index (χ2v) is 7.02. The zero-order valence-corrected chi connectivity index (χ0v) is 15.1. The van der Waals surface area contributed by atoms with Gasteiger partial charge in [0.15, 0.2) is 5.76 Å². The van der Waals surface area contributed by atoms with Crippen LogP contribution in [0.1, 0.15) is 21.7 Å². The molecular weight excluding hydrogens is 380 g/mol. The Labute approximate surface area is 164 Å². The van der Waals surface area contributed by atoms with Crippen LogP contribution in [0.15, 0.2) is 76.5 Å². The molecule has 0 bridgehead atoms. The SMILES string of the molecule is O=C(c1ccco1)C1C(c2ccc(Cl)cc2)=NOC12C(=O)Nc1ccccc12. The number of hydrogen-bond acceptors (Lipinski definition) is 5. The van der Waals surface area contributed by atoms with Gasteiger partial charge in [-0.25, -0.2) is 0 Å². The molecule has 0 saturated heterocycles. The summed E-state index contributed by atoms with van der Waals surface area (Å²) >= 11 is 5.99. The Morgan fingerprint density at radius 1 is 1.07 bits per heavy atom. The van der Waals surface area contributed by atoms with E-state index in [0.29, 0.717) is 27.5 Å². The van der Waals surface area contributed by atoms with Crippen molar-refractivity contribution in [3.05, 3.63) is 88.8 Å². The molecule has 2 aromatic carbocycles. The van der Waals surface area contributed by atoms with Gasteiger partial charge in [0.25, 0.3) is 11.5 Å². The highest BCUT2D eigenvalue weighted by Gasteiger charge is 2.63. The Hall–Kier alpha value is -3.38. The lowest BCUT2D eigenvalue weighted by atomic mass is 9.75. The minimum atomic E-state index is -1.59. The number of amides is 1. The average Bonchev–Trinajstić information content (AvgIpc) is 3.42. The third kappa shape index (κ3) is 2.25. The largest absolute Gasteiger partial charge is 0.461 e. The minimum Gasteiger partial charge on any atom is -0.461 e. The highest BCUT2D eigenvalue weighted by atomic mass is 35.5. The summed E-state index contributed by atoms with van der Waals surface area (Å²) in [5.41, 5.74) is 0.568. The first-order valence-electron chi connectivity index (χ1n) is 8.62. The summed E-state index contributed by atoms with van der Waals surface area (Å²) in [6, 6.07) is 17.2. The van der Waals surface area contributed by atoms with Crippen LogP contribution in [0.3, 0.4) is 0 Å². The van der Waals surface area contributed by atoms with Crippen LogP contribution < -0.4 is 5.32 Å². The fourth-order valence-corrected chi connectivity index (χ4v) is 3.89. The molecule has 3 heterocycles. The Balaban J connectivity index is 1.70. The number of halogens is 1. The van der Waals surface area contributed by atoms with Crippen LogP contribution in [0.4, 0.5) is 5.69 Å². The van der Waals surface area contributed by atoms with Crippen LogP contribution in [0.2, 0.25) is 5.02 Å². The topological polar surface area (TPSA) is 80.9 Å². The molecule has 2 aliphatic rings. The number of fused-ring (bicyclic) bond motifs is 2. The zero-order chi connectivity index (χ0) is 19.3. The van der Waals surface area contributed by atoms with Gasteiger partial charge in [-0.15, -0.1) is 0 Å². The number of benzene rings is 2. The molecule has 1 spiro atoms. The monoisotopic (exact) mass is 392 g/mol. The van der Waals surface area contributed by atoms with Gasteiger partial charge in [0.2, 0.25) is 5.78 Å². The lowest BCUT2D eigenvalue weighted by Gasteiger charge is -2.26. The number of anilines is 1. The van der Waals surface area contributed by atoms with E-state index in [2.05, 4.69) is 10.5 Å². The Kier molecular flexibility index (Phi) is 3.64. The number of Topliss-reactive ketones (excluding diaryl/α,β-unsaturated/α-hetero) is 1. The van der Waals surface area contributed by atoms with E-state index in [1.807, 2.05) is 0 Å². The van der Waals surface area contributed by atoms with E-state index in [1.54, 1.807) is 60.7 Å². The van der Waals surface area contributed by atoms with Crippen molar-refractivity contribution in [1.82, 2.24) is 0 Å². The fraction of sp³-hybridized carbons (Fsp3) is 0.0952. The van der Waals surface area contributed by atoms with Gasteiger partial charge in [0.05, 0.1) is 6.26 Å². The van der Waals surface area contributed by atoms with Gasteiger partial charge in [-0.1, -0.05) is 47.1 Å². The maximum atomic E-state index is 13.4. The third-order valence-electron chi connectivity index (χ3n) is 5.05. The number of hydrogen-bond donors (Lipinski definition) is 1. The van der Waals surface area contributed by atoms with Crippen LogP contribution >= 0.6 is 11.6 Å². The highest BCUT2D eigenvalue weighted by molar-refractivity contribution is 6.31. The van der Waals surface area contributed by atoms with E-state index >= 15 is 0 Å². The van der Waals surface area contributed by atoms with E-state index in [0.717, 1.165) is 0 Å². The third-order valence-corrected chi connectivity index (χ3v) is 5.30. The number of rotatable bonds is 3. The second-order valence-electron chi connectivity index (χ2n) is 6.58. The minimum absolute atomic E-state index is 0.133. The molecule has 0 fully saturated rings. The summed E-state index contributed by atoms with van der Waals surface area (Å²) in [4.78, 5) is 32.2. The maximum Gasteiger partial charge on any atom is 0.277 e. The normalized spacial score (nSPS) is 22.5. The lowest BCUT2D eigenvalue weighted by Crippen LogP contribution is -2.46. The summed E-state index contributed by atoms with van der Waals surface area (Å²) in [5.74, 6) is -1.70. The Morgan fingerprint density at radius 3 is 2.61 bits per heavy atom. The number of para-hydroxylation sites is 1. The molecule has 2 unspecified atom stereocenters. The molecule has 28 heavy (non-hydrogen) atoms. The van der Waals surface area contributed by atoms with E-state index < -0.39 is 17.4 Å². The summed E-state index contributed by atoms with van der Waals surface area (Å²) < 4.78 is 5.32. The summed E-state index contributed by atoms with van der Waals surface area (Å²) in [6.07, 6.45) is 1.41. The summed E-state index contributed by atoms with van der Waals surface area (Å²) in [5, 5.41) is 7.53. The van der Waals surface area contributed by atoms with Crippen molar-refractivity contribution in [3.63, 3.8) is 0 Å². The van der Waals surface area contributed by atoms with Crippen molar-refractivity contribution in [2.75, 3.05) is 5.32 Å². The first kappa shape index (κ1) is 16.8. The Bertz CT molecular complexity index is 1120. The first-order valence-corrected chi connectivity index (χ1v) is 9.00. The molecule has 1 aromatic heterocycles. The van der Waals surface area contributed by atoms with Crippen LogP contribution in [-0.2, 0) is 15.2 Å². The molecule has 3 aromatic rings. The Morgan fingerprint density at radius 2 is 1.86 bits per heavy atom. The number of carbonyl (C=O) groups excluding carboxylic acids is 2. The lowest BCUT2D eigenvalue weighted by molar-refractivity contribution is -0.140. The molecular formula is C21H13ClN2O4. The highest BCUT2D eigenvalue weighted by Crippen LogP contribution is 2.49. The predicted molar refractivity (Wildman–Crippen MR) is 102 cm³/mol. The fourth-order valence-electron chi connectivity index (χ4n) is 3.76. The van der Waals surface area contributed by atoms with E-state index in [-0.39, 0.29) is 11.5 Å². The van der Waals surface area contributed by atoms with Crippen molar-refractivity contribution in [2.24, 2.45) is 11.1 Å². The predicted octanol–water partition coefficient (Wildman–Crippen LogP) is 4.01. The van der Waals surface area contributed by atoms with Crippen LogP contribution in [-0.4, -0.2) is 17.4 Å². The quantitative estimate of drug-likeness (QED) is 0.683.